The highest BCUT2D eigenvalue weighted by Crippen LogP contribution is 1.95. The second-order valence-electron chi connectivity index (χ2n) is 4.47. The van der Waals surface area contributed by atoms with Crippen molar-refractivity contribution < 1.29 is 9.90 Å². The molecule has 0 aromatic heterocycles. The van der Waals surface area contributed by atoms with Crippen LogP contribution in [-0.2, 0) is 4.79 Å². The van der Waals surface area contributed by atoms with Crippen molar-refractivity contribution in [2.75, 3.05) is 19.6 Å². The quantitative estimate of drug-likeness (QED) is 0.646. The minimum atomic E-state index is -0.711. The van der Waals surface area contributed by atoms with E-state index in [2.05, 4.69) is 39.5 Å². The van der Waals surface area contributed by atoms with Crippen molar-refractivity contribution in [2.24, 2.45) is 0 Å². The lowest BCUT2D eigenvalue weighted by Crippen LogP contribution is -2.21. The molecule has 1 N–H and O–H groups in total. The summed E-state index contributed by atoms with van der Waals surface area (Å²) in [4.78, 5) is 12.0. The summed E-state index contributed by atoms with van der Waals surface area (Å²) in [5.41, 5.74) is 0. The minimum Gasteiger partial charge on any atom is -0.481 e. The number of nitrogens with zero attached hydrogens (tertiary/aromatic N) is 1. The van der Waals surface area contributed by atoms with E-state index in [0.29, 0.717) is 6.42 Å². The molecule has 0 aromatic carbocycles. The third-order valence-corrected chi connectivity index (χ3v) is 2.76. The second-order valence-corrected chi connectivity index (χ2v) is 4.47. The number of hydrogen-bond acceptors (Lipinski definition) is 2. The Labute approximate surface area is 121 Å². The molecule has 0 aliphatic heterocycles. The summed E-state index contributed by atoms with van der Waals surface area (Å²) in [6.45, 7) is 16.4. The molecule has 0 spiro atoms. The molecule has 0 aromatic rings. The average Bonchev–Trinajstić information content (AvgIpc) is 2.39. The molecule has 3 nitrogen and oxygen atoms in total. The number of carboxylic acids is 1. The van der Waals surface area contributed by atoms with Crippen LogP contribution in [0.5, 0.6) is 0 Å². The van der Waals surface area contributed by atoms with E-state index < -0.39 is 5.97 Å². The zero-order chi connectivity index (χ0) is 15.5. The summed E-state index contributed by atoms with van der Waals surface area (Å²) in [5.74, 6) is -0.711. The molecule has 0 aliphatic carbocycles. The topological polar surface area (TPSA) is 40.5 Å². The molecule has 0 atom stereocenters. The van der Waals surface area contributed by atoms with Gasteiger partial charge in [0.05, 0.1) is 0 Å². The summed E-state index contributed by atoms with van der Waals surface area (Å²) in [5, 5.41) is 7.91. The highest BCUT2D eigenvalue weighted by atomic mass is 16.4. The van der Waals surface area contributed by atoms with Gasteiger partial charge in [0, 0.05) is 6.42 Å². The molecule has 3 heteroatoms. The van der Waals surface area contributed by atoms with Gasteiger partial charge in [0.25, 0.3) is 0 Å². The molecule has 0 rings (SSSR count). The summed E-state index contributed by atoms with van der Waals surface area (Å²) < 4.78 is 0. The van der Waals surface area contributed by atoms with Gasteiger partial charge in [0.2, 0.25) is 0 Å². The van der Waals surface area contributed by atoms with Crippen molar-refractivity contribution in [3.63, 3.8) is 0 Å². The molecule has 0 aliphatic rings. The van der Waals surface area contributed by atoms with Gasteiger partial charge in [-0.2, -0.15) is 0 Å². The molecule has 0 fully saturated rings. The van der Waals surface area contributed by atoms with E-state index >= 15 is 0 Å². The van der Waals surface area contributed by atoms with E-state index in [9.17, 15) is 4.79 Å². The zero-order valence-corrected chi connectivity index (χ0v) is 14.2. The molecule has 19 heavy (non-hydrogen) atoms. The maximum Gasteiger partial charge on any atom is 0.303 e. The largest absolute Gasteiger partial charge is 0.481 e. The van der Waals surface area contributed by atoms with Crippen LogP contribution in [0.25, 0.3) is 0 Å². The van der Waals surface area contributed by atoms with Crippen molar-refractivity contribution in [3.05, 3.63) is 0 Å². The van der Waals surface area contributed by atoms with Crippen molar-refractivity contribution in [3.8, 4) is 0 Å². The van der Waals surface area contributed by atoms with E-state index in [1.807, 2.05) is 6.92 Å². The van der Waals surface area contributed by atoms with Gasteiger partial charge < -0.3 is 10.0 Å². The standard InChI is InChI=1S/C6H15N.C6H14.C4H8O2/c1-4-7(5-2)6-3;1-3-5-6-4-2;1-2-3-4(5)6/h4-6H2,1-3H3;3-6H2,1-2H3;2-3H2,1H3,(H,5,6). The number of hydrogen-bond donors (Lipinski definition) is 1. The molecule has 0 saturated heterocycles. The number of unbranched alkanes of at least 4 members (excludes halogenated alkanes) is 3. The lowest BCUT2D eigenvalue weighted by Gasteiger charge is -2.13. The molecular formula is C16H37NO2. The number of carbonyl (C=O) groups is 1. The van der Waals surface area contributed by atoms with Gasteiger partial charge in [-0.25, -0.2) is 0 Å². The third-order valence-electron chi connectivity index (χ3n) is 2.76. The van der Waals surface area contributed by atoms with Gasteiger partial charge in [0.15, 0.2) is 0 Å². The van der Waals surface area contributed by atoms with Gasteiger partial charge in [0.1, 0.15) is 0 Å². The van der Waals surface area contributed by atoms with E-state index in [1.54, 1.807) is 0 Å². The Morgan fingerprint density at radius 3 is 1.21 bits per heavy atom. The maximum absolute atomic E-state index is 9.60. The van der Waals surface area contributed by atoms with Crippen molar-refractivity contribution in [1.82, 2.24) is 4.90 Å². The SMILES string of the molecule is CCCC(=O)O.CCCCCC.CCN(CC)CC. The summed E-state index contributed by atoms with van der Waals surface area (Å²) in [6, 6.07) is 0. The predicted octanol–water partition coefficient (Wildman–Crippen LogP) is 4.81. The van der Waals surface area contributed by atoms with Crippen molar-refractivity contribution >= 4 is 5.97 Å². The Kier molecular flexibility index (Phi) is 28.0. The molecule has 0 heterocycles. The van der Waals surface area contributed by atoms with Crippen LogP contribution >= 0.6 is 0 Å². The predicted molar refractivity (Wildman–Crippen MR) is 85.8 cm³/mol. The number of rotatable bonds is 8. The monoisotopic (exact) mass is 275 g/mol. The Morgan fingerprint density at radius 2 is 1.16 bits per heavy atom. The van der Waals surface area contributed by atoms with Gasteiger partial charge >= 0.3 is 5.97 Å². The molecule has 0 saturated carbocycles. The van der Waals surface area contributed by atoms with E-state index in [0.717, 1.165) is 6.42 Å². The smallest absolute Gasteiger partial charge is 0.303 e. The lowest BCUT2D eigenvalue weighted by atomic mass is 10.2. The molecule has 0 radical (unpaired) electrons. The lowest BCUT2D eigenvalue weighted by molar-refractivity contribution is -0.137. The van der Waals surface area contributed by atoms with Crippen LogP contribution in [0.3, 0.4) is 0 Å². The van der Waals surface area contributed by atoms with Crippen molar-refractivity contribution in [1.29, 1.82) is 0 Å². The molecule has 118 valence electrons. The normalized spacial score (nSPS) is 9.21. The van der Waals surface area contributed by atoms with Crippen LogP contribution in [0, 0.1) is 0 Å². The first-order valence-corrected chi connectivity index (χ1v) is 7.97. The third kappa shape index (κ3) is 31.8. The average molecular weight is 275 g/mol. The minimum absolute atomic E-state index is 0.292. The Bertz CT molecular complexity index is 147. The van der Waals surface area contributed by atoms with Crippen LogP contribution < -0.4 is 0 Å². The zero-order valence-electron chi connectivity index (χ0n) is 14.2. The first-order valence-electron chi connectivity index (χ1n) is 7.97. The number of aliphatic carboxylic acids is 1. The highest BCUT2D eigenvalue weighted by molar-refractivity contribution is 5.66. The summed E-state index contributed by atoms with van der Waals surface area (Å²) in [6.07, 6.45) is 6.56. The number of carboxylic acid groups (broad SMARTS) is 1. The maximum atomic E-state index is 9.60. The Balaban J connectivity index is -0.000000203. The van der Waals surface area contributed by atoms with Crippen molar-refractivity contribution in [2.45, 2.75) is 80.1 Å². The van der Waals surface area contributed by atoms with E-state index in [-0.39, 0.29) is 0 Å². The van der Waals surface area contributed by atoms with Crippen LogP contribution in [0.15, 0.2) is 0 Å². The van der Waals surface area contributed by atoms with E-state index in [4.69, 9.17) is 5.11 Å². The molecule has 0 unspecified atom stereocenters. The first-order chi connectivity index (χ1) is 9.03. The molecule has 0 amide bonds. The fourth-order valence-electron chi connectivity index (χ4n) is 1.38. The van der Waals surface area contributed by atoms with Crippen LogP contribution in [0.2, 0.25) is 0 Å². The van der Waals surface area contributed by atoms with E-state index in [1.165, 1.54) is 45.3 Å². The van der Waals surface area contributed by atoms with Gasteiger partial charge in [-0.1, -0.05) is 67.2 Å². The Hall–Kier alpha value is -0.570. The molecular weight excluding hydrogens is 238 g/mol. The van der Waals surface area contributed by atoms with Gasteiger partial charge in [-0.3, -0.25) is 4.79 Å². The summed E-state index contributed by atoms with van der Waals surface area (Å²) in [7, 11) is 0. The Morgan fingerprint density at radius 1 is 0.789 bits per heavy atom. The highest BCUT2D eigenvalue weighted by Gasteiger charge is 1.89. The fraction of sp³-hybridized carbons (Fsp3) is 0.938. The van der Waals surface area contributed by atoms with Crippen LogP contribution in [-0.4, -0.2) is 35.6 Å². The molecule has 0 bridgehead atoms. The van der Waals surface area contributed by atoms with Gasteiger partial charge in [-0.15, -0.1) is 0 Å². The summed E-state index contributed by atoms with van der Waals surface area (Å²) >= 11 is 0. The van der Waals surface area contributed by atoms with Crippen LogP contribution in [0.4, 0.5) is 0 Å². The van der Waals surface area contributed by atoms with Gasteiger partial charge in [-0.05, 0) is 26.1 Å². The fourth-order valence-corrected chi connectivity index (χ4v) is 1.38. The second kappa shape index (κ2) is 22.6. The van der Waals surface area contributed by atoms with Crippen LogP contribution in [0.1, 0.15) is 80.1 Å². The first kappa shape index (κ1) is 23.5.